The number of unbranched alkanes of at least 4 members (excludes halogenated alkanes) is 1. The summed E-state index contributed by atoms with van der Waals surface area (Å²) in [5.41, 5.74) is 0. The quantitative estimate of drug-likeness (QED) is 0.499. The van der Waals surface area contributed by atoms with Crippen molar-refractivity contribution in [1.29, 1.82) is 0 Å². The fourth-order valence-corrected chi connectivity index (χ4v) is 3.85. The number of hydrogen-bond acceptors (Lipinski definition) is 6. The Labute approximate surface area is 148 Å². The molecule has 10 heteroatoms. The Morgan fingerprint density at radius 2 is 1.84 bits per heavy atom. The van der Waals surface area contributed by atoms with Crippen LogP contribution in [0.4, 0.5) is 4.79 Å². The average molecular weight is 377 g/mol. The second-order valence-corrected chi connectivity index (χ2v) is 8.00. The van der Waals surface area contributed by atoms with Gasteiger partial charge in [-0.1, -0.05) is 26.2 Å². The van der Waals surface area contributed by atoms with Crippen LogP contribution in [0.2, 0.25) is 0 Å². The average Bonchev–Trinajstić information content (AvgIpc) is 3.02. The normalized spacial score (nSPS) is 16.2. The number of hydrogen-bond donors (Lipinski definition) is 3. The van der Waals surface area contributed by atoms with Crippen molar-refractivity contribution in [2.24, 2.45) is 0 Å². The predicted octanol–water partition coefficient (Wildman–Crippen LogP) is 0.406. The van der Waals surface area contributed by atoms with Gasteiger partial charge in [0, 0.05) is 6.04 Å². The Kier molecular flexibility index (Phi) is 8.84. The minimum atomic E-state index is -3.57. The number of carbonyl (C=O) groups excluding carboxylic acids is 3. The van der Waals surface area contributed by atoms with Crippen LogP contribution in [-0.2, 0) is 24.3 Å². The van der Waals surface area contributed by atoms with Crippen LogP contribution in [0.5, 0.6) is 0 Å². The molecule has 144 valence electrons. The number of imide groups is 1. The number of ether oxygens (including phenoxy) is 1. The third-order valence-corrected chi connectivity index (χ3v) is 5.30. The Hall–Kier alpha value is -1.68. The maximum atomic E-state index is 11.7. The zero-order chi connectivity index (χ0) is 18.9. The number of urea groups is 1. The van der Waals surface area contributed by atoms with E-state index < -0.39 is 40.6 Å². The van der Waals surface area contributed by atoms with E-state index in [9.17, 15) is 22.8 Å². The molecule has 0 aromatic heterocycles. The first kappa shape index (κ1) is 21.4. The Morgan fingerprint density at radius 1 is 1.20 bits per heavy atom. The van der Waals surface area contributed by atoms with Gasteiger partial charge in [-0.3, -0.25) is 14.9 Å². The third kappa shape index (κ3) is 8.82. The highest BCUT2D eigenvalue weighted by atomic mass is 32.2. The first-order valence-electron chi connectivity index (χ1n) is 8.50. The lowest BCUT2D eigenvalue weighted by Gasteiger charge is -2.14. The molecule has 1 saturated carbocycles. The van der Waals surface area contributed by atoms with Crippen LogP contribution in [-0.4, -0.2) is 50.8 Å². The highest BCUT2D eigenvalue weighted by molar-refractivity contribution is 7.89. The number of esters is 1. The lowest BCUT2D eigenvalue weighted by molar-refractivity contribution is -0.149. The lowest BCUT2D eigenvalue weighted by Crippen LogP contribution is -2.46. The van der Waals surface area contributed by atoms with Crippen molar-refractivity contribution in [2.75, 3.05) is 12.4 Å². The molecular formula is C15H27N3O6S. The summed E-state index contributed by atoms with van der Waals surface area (Å²) in [6.45, 7) is 2.53. The maximum Gasteiger partial charge on any atom is 0.324 e. The van der Waals surface area contributed by atoms with Gasteiger partial charge in [0.2, 0.25) is 10.0 Å². The fourth-order valence-electron chi connectivity index (χ4n) is 2.43. The third-order valence-electron chi connectivity index (χ3n) is 3.77. The molecule has 1 aliphatic carbocycles. The number of amides is 3. The number of sulfonamides is 1. The Morgan fingerprint density at radius 3 is 2.44 bits per heavy atom. The smallest absolute Gasteiger partial charge is 0.324 e. The molecule has 0 saturated heterocycles. The highest BCUT2D eigenvalue weighted by Crippen LogP contribution is 2.17. The molecule has 3 N–H and O–H groups in total. The van der Waals surface area contributed by atoms with Crippen molar-refractivity contribution >= 4 is 27.9 Å². The van der Waals surface area contributed by atoms with E-state index in [-0.39, 0.29) is 11.8 Å². The van der Waals surface area contributed by atoms with Crippen LogP contribution >= 0.6 is 0 Å². The predicted molar refractivity (Wildman–Crippen MR) is 91.2 cm³/mol. The van der Waals surface area contributed by atoms with E-state index in [1.165, 1.54) is 6.92 Å². The van der Waals surface area contributed by atoms with Gasteiger partial charge in [0.15, 0.2) is 6.61 Å². The van der Waals surface area contributed by atoms with Gasteiger partial charge >= 0.3 is 12.0 Å². The van der Waals surface area contributed by atoms with Crippen LogP contribution in [0.3, 0.4) is 0 Å². The molecule has 0 bridgehead atoms. The summed E-state index contributed by atoms with van der Waals surface area (Å²) in [4.78, 5) is 34.9. The van der Waals surface area contributed by atoms with Crippen molar-refractivity contribution in [2.45, 2.75) is 64.5 Å². The van der Waals surface area contributed by atoms with E-state index in [0.29, 0.717) is 12.8 Å². The monoisotopic (exact) mass is 377 g/mol. The van der Waals surface area contributed by atoms with Gasteiger partial charge in [0.25, 0.3) is 5.91 Å². The number of carbonyl (C=O) groups is 3. The first-order valence-corrected chi connectivity index (χ1v) is 10.2. The van der Waals surface area contributed by atoms with Gasteiger partial charge in [-0.15, -0.1) is 0 Å². The molecule has 0 aliphatic heterocycles. The number of rotatable bonds is 9. The van der Waals surface area contributed by atoms with Gasteiger partial charge in [-0.25, -0.2) is 17.9 Å². The molecule has 1 atom stereocenters. The molecule has 1 aliphatic rings. The second kappa shape index (κ2) is 10.3. The summed E-state index contributed by atoms with van der Waals surface area (Å²) >= 11 is 0. The summed E-state index contributed by atoms with van der Waals surface area (Å²) < 4.78 is 30.3. The van der Waals surface area contributed by atoms with Gasteiger partial charge in [0.1, 0.15) is 6.04 Å². The summed E-state index contributed by atoms with van der Waals surface area (Å²) in [7, 11) is -3.57. The fraction of sp³-hybridized carbons (Fsp3) is 0.800. The van der Waals surface area contributed by atoms with Crippen LogP contribution in [0.1, 0.15) is 52.4 Å². The minimum Gasteiger partial charge on any atom is -0.454 e. The molecule has 3 amide bonds. The van der Waals surface area contributed by atoms with Crippen molar-refractivity contribution in [1.82, 2.24) is 15.4 Å². The van der Waals surface area contributed by atoms with Crippen LogP contribution in [0.15, 0.2) is 0 Å². The lowest BCUT2D eigenvalue weighted by atomic mass is 10.2. The molecule has 1 rings (SSSR count). The molecule has 25 heavy (non-hydrogen) atoms. The van der Waals surface area contributed by atoms with Crippen LogP contribution in [0, 0.1) is 0 Å². The highest BCUT2D eigenvalue weighted by Gasteiger charge is 2.23. The van der Waals surface area contributed by atoms with E-state index in [2.05, 4.69) is 15.4 Å². The second-order valence-electron chi connectivity index (χ2n) is 6.12. The van der Waals surface area contributed by atoms with Crippen molar-refractivity contribution < 1.29 is 27.5 Å². The van der Waals surface area contributed by atoms with E-state index in [0.717, 1.165) is 25.7 Å². The van der Waals surface area contributed by atoms with Gasteiger partial charge < -0.3 is 10.1 Å². The van der Waals surface area contributed by atoms with E-state index in [1.807, 2.05) is 6.92 Å². The molecule has 0 aromatic rings. The molecule has 0 spiro atoms. The van der Waals surface area contributed by atoms with Gasteiger partial charge in [-0.05, 0) is 26.2 Å². The molecule has 1 fully saturated rings. The zero-order valence-corrected chi connectivity index (χ0v) is 15.5. The standard InChI is InChI=1S/C15H27N3O6S/c1-3-4-9-25(22,23)18-11(2)14(20)24-10-13(19)17-15(21)16-12-7-5-6-8-12/h11-12,18H,3-10H2,1-2H3,(H2,16,17,19,21)/t11-/m0/s1. The van der Waals surface area contributed by atoms with E-state index in [4.69, 9.17) is 4.74 Å². The maximum absolute atomic E-state index is 11.7. The zero-order valence-electron chi connectivity index (χ0n) is 14.7. The van der Waals surface area contributed by atoms with Crippen molar-refractivity contribution in [3.63, 3.8) is 0 Å². The molecule has 0 radical (unpaired) electrons. The first-order chi connectivity index (χ1) is 11.7. The molecule has 0 unspecified atom stereocenters. The van der Waals surface area contributed by atoms with E-state index >= 15 is 0 Å². The Balaban J connectivity index is 2.29. The summed E-state index contributed by atoms with van der Waals surface area (Å²) in [6, 6.07) is -1.67. The molecule has 9 nitrogen and oxygen atoms in total. The summed E-state index contributed by atoms with van der Waals surface area (Å²) in [5, 5.41) is 4.74. The van der Waals surface area contributed by atoms with Gasteiger partial charge in [-0.2, -0.15) is 0 Å². The van der Waals surface area contributed by atoms with Crippen LogP contribution in [0.25, 0.3) is 0 Å². The minimum absolute atomic E-state index is 0.0629. The molecular weight excluding hydrogens is 350 g/mol. The summed E-state index contributed by atoms with van der Waals surface area (Å²) in [6.07, 6.45) is 5.04. The molecule has 0 aromatic carbocycles. The number of nitrogens with one attached hydrogen (secondary N) is 3. The SMILES string of the molecule is CCCCS(=O)(=O)N[C@@H](C)C(=O)OCC(=O)NC(=O)NC1CCCC1. The summed E-state index contributed by atoms with van der Waals surface area (Å²) in [5.74, 6) is -1.74. The van der Waals surface area contributed by atoms with Crippen molar-refractivity contribution in [3.05, 3.63) is 0 Å². The largest absolute Gasteiger partial charge is 0.454 e. The topological polar surface area (TPSA) is 131 Å². The van der Waals surface area contributed by atoms with Crippen molar-refractivity contribution in [3.8, 4) is 0 Å². The van der Waals surface area contributed by atoms with E-state index in [1.54, 1.807) is 0 Å². The Bertz CT molecular complexity index is 572. The van der Waals surface area contributed by atoms with Crippen LogP contribution < -0.4 is 15.4 Å². The molecule has 0 heterocycles. The van der Waals surface area contributed by atoms with Gasteiger partial charge in [0.05, 0.1) is 5.75 Å².